The molecule has 1 saturated heterocycles. The van der Waals surface area contributed by atoms with Gasteiger partial charge in [-0.1, -0.05) is 19.0 Å². The van der Waals surface area contributed by atoms with Gasteiger partial charge in [0.1, 0.15) is 0 Å². The third-order valence-electron chi connectivity index (χ3n) is 3.84. The van der Waals surface area contributed by atoms with Crippen LogP contribution in [0.4, 0.5) is 0 Å². The minimum atomic E-state index is -0.468. The number of rotatable bonds is 4. The van der Waals surface area contributed by atoms with Crippen LogP contribution in [-0.4, -0.2) is 22.9 Å². The molecule has 0 amide bonds. The molecule has 2 rings (SSSR count). The number of hydrogen-bond donors (Lipinski definition) is 1. The fourth-order valence-electron chi connectivity index (χ4n) is 2.21. The van der Waals surface area contributed by atoms with Crippen molar-refractivity contribution in [2.45, 2.75) is 57.6 Å². The van der Waals surface area contributed by atoms with Gasteiger partial charge in [-0.15, -0.1) is 0 Å². The second kappa shape index (κ2) is 4.74. The summed E-state index contributed by atoms with van der Waals surface area (Å²) in [6.45, 7) is 6.89. The minimum absolute atomic E-state index is 0.152. The molecule has 0 aliphatic carbocycles. The van der Waals surface area contributed by atoms with Crippen LogP contribution in [0.2, 0.25) is 0 Å². The smallest absolute Gasteiger partial charge is 0.232 e. The maximum atomic E-state index is 6.25. The Balaban J connectivity index is 2.21. The van der Waals surface area contributed by atoms with Crippen molar-refractivity contribution in [3.63, 3.8) is 0 Å². The van der Waals surface area contributed by atoms with Gasteiger partial charge in [-0.2, -0.15) is 4.98 Å². The molecule has 0 radical (unpaired) electrons. The third kappa shape index (κ3) is 2.21. The molecule has 96 valence electrons. The van der Waals surface area contributed by atoms with Crippen LogP contribution in [0.25, 0.3) is 0 Å². The summed E-state index contributed by atoms with van der Waals surface area (Å²) < 4.78 is 10.9. The number of ether oxygens (including phenoxy) is 1. The van der Waals surface area contributed by atoms with Gasteiger partial charge in [-0.25, -0.2) is 0 Å². The van der Waals surface area contributed by atoms with Gasteiger partial charge in [0.05, 0.1) is 17.6 Å². The lowest BCUT2D eigenvalue weighted by Gasteiger charge is -2.21. The Morgan fingerprint density at radius 1 is 1.41 bits per heavy atom. The van der Waals surface area contributed by atoms with E-state index in [0.29, 0.717) is 11.7 Å². The molecule has 1 aliphatic rings. The van der Waals surface area contributed by atoms with Crippen LogP contribution in [-0.2, 0) is 10.3 Å². The second-order valence-electron chi connectivity index (χ2n) is 4.79. The molecule has 5 nitrogen and oxygen atoms in total. The average molecular weight is 239 g/mol. The van der Waals surface area contributed by atoms with E-state index in [1.165, 1.54) is 0 Å². The molecule has 0 saturated carbocycles. The highest BCUT2D eigenvalue weighted by Crippen LogP contribution is 2.31. The summed E-state index contributed by atoms with van der Waals surface area (Å²) >= 11 is 0. The zero-order valence-corrected chi connectivity index (χ0v) is 10.8. The van der Waals surface area contributed by atoms with Crippen LogP contribution < -0.4 is 5.73 Å². The normalized spacial score (nSPS) is 25.4. The molecular formula is C12H21N3O2. The van der Waals surface area contributed by atoms with Gasteiger partial charge in [-0.05, 0) is 26.2 Å². The maximum absolute atomic E-state index is 6.25. The molecule has 2 unspecified atom stereocenters. The summed E-state index contributed by atoms with van der Waals surface area (Å²) in [6.07, 6.45) is 2.70. The van der Waals surface area contributed by atoms with Gasteiger partial charge in [0.15, 0.2) is 5.82 Å². The summed E-state index contributed by atoms with van der Waals surface area (Å²) in [4.78, 5) is 4.47. The lowest BCUT2D eigenvalue weighted by molar-refractivity contribution is 0.113. The molecule has 0 bridgehead atoms. The van der Waals surface area contributed by atoms with E-state index in [9.17, 15) is 0 Å². The molecule has 1 fully saturated rings. The van der Waals surface area contributed by atoms with Crippen LogP contribution in [0.5, 0.6) is 0 Å². The molecule has 0 aromatic carbocycles. The quantitative estimate of drug-likeness (QED) is 0.869. The fourth-order valence-corrected chi connectivity index (χ4v) is 2.21. The lowest BCUT2D eigenvalue weighted by atomic mass is 9.93. The van der Waals surface area contributed by atoms with Gasteiger partial charge in [-0.3, -0.25) is 0 Å². The van der Waals surface area contributed by atoms with E-state index in [2.05, 4.69) is 10.1 Å². The van der Waals surface area contributed by atoms with Crippen molar-refractivity contribution in [1.29, 1.82) is 0 Å². The highest BCUT2D eigenvalue weighted by molar-refractivity contribution is 5.06. The van der Waals surface area contributed by atoms with Crippen molar-refractivity contribution in [2.24, 2.45) is 5.73 Å². The first-order chi connectivity index (χ1) is 8.10. The Morgan fingerprint density at radius 3 is 2.65 bits per heavy atom. The monoisotopic (exact) mass is 239 g/mol. The van der Waals surface area contributed by atoms with E-state index >= 15 is 0 Å². The molecule has 2 atom stereocenters. The van der Waals surface area contributed by atoms with Crippen molar-refractivity contribution < 1.29 is 9.26 Å². The fraction of sp³-hybridized carbons (Fsp3) is 0.833. The van der Waals surface area contributed by atoms with Gasteiger partial charge in [0, 0.05) is 6.61 Å². The van der Waals surface area contributed by atoms with Crippen molar-refractivity contribution in [3.05, 3.63) is 11.7 Å². The lowest BCUT2D eigenvalue weighted by Crippen LogP contribution is -2.36. The average Bonchev–Trinajstić information content (AvgIpc) is 2.96. The Hall–Kier alpha value is -0.940. The van der Waals surface area contributed by atoms with E-state index in [-0.39, 0.29) is 12.0 Å². The van der Waals surface area contributed by atoms with Gasteiger partial charge < -0.3 is 15.0 Å². The molecule has 1 aromatic rings. The first-order valence-corrected chi connectivity index (χ1v) is 6.35. The molecule has 17 heavy (non-hydrogen) atoms. The summed E-state index contributed by atoms with van der Waals surface area (Å²) in [7, 11) is 0. The highest BCUT2D eigenvalue weighted by atomic mass is 16.5. The SMILES string of the molecule is CCC(N)(CC)c1noc(C2CCOC2C)n1. The molecular weight excluding hydrogens is 218 g/mol. The summed E-state index contributed by atoms with van der Waals surface area (Å²) in [5.74, 6) is 1.51. The van der Waals surface area contributed by atoms with E-state index in [1.807, 2.05) is 20.8 Å². The summed E-state index contributed by atoms with van der Waals surface area (Å²) in [6, 6.07) is 0. The van der Waals surface area contributed by atoms with Crippen LogP contribution in [0.1, 0.15) is 57.7 Å². The predicted molar refractivity (Wildman–Crippen MR) is 63.5 cm³/mol. The van der Waals surface area contributed by atoms with Crippen LogP contribution >= 0.6 is 0 Å². The Bertz CT molecular complexity index is 374. The molecule has 2 heterocycles. The van der Waals surface area contributed by atoms with E-state index in [0.717, 1.165) is 25.9 Å². The highest BCUT2D eigenvalue weighted by Gasteiger charge is 2.34. The van der Waals surface area contributed by atoms with Crippen molar-refractivity contribution in [2.75, 3.05) is 6.61 Å². The molecule has 1 aromatic heterocycles. The Labute approximate surface area is 102 Å². The van der Waals surface area contributed by atoms with E-state index < -0.39 is 5.54 Å². The van der Waals surface area contributed by atoms with Gasteiger partial charge in [0.2, 0.25) is 5.89 Å². The van der Waals surface area contributed by atoms with Crippen molar-refractivity contribution in [3.8, 4) is 0 Å². The Morgan fingerprint density at radius 2 is 2.12 bits per heavy atom. The standard InChI is InChI=1S/C12H21N3O2/c1-4-12(13,5-2)11-14-10(17-15-11)9-6-7-16-8(9)3/h8-9H,4-7,13H2,1-3H3. The number of nitrogens with zero attached hydrogens (tertiary/aromatic N) is 2. The topological polar surface area (TPSA) is 74.2 Å². The number of nitrogens with two attached hydrogens (primary N) is 1. The van der Waals surface area contributed by atoms with Crippen LogP contribution in [0.15, 0.2) is 4.52 Å². The van der Waals surface area contributed by atoms with Crippen molar-refractivity contribution in [1.82, 2.24) is 10.1 Å². The van der Waals surface area contributed by atoms with E-state index in [1.54, 1.807) is 0 Å². The second-order valence-corrected chi connectivity index (χ2v) is 4.79. The number of aromatic nitrogens is 2. The van der Waals surface area contributed by atoms with Gasteiger partial charge >= 0.3 is 0 Å². The maximum Gasteiger partial charge on any atom is 0.232 e. The predicted octanol–water partition coefficient (Wildman–Crippen LogP) is 1.94. The molecule has 2 N–H and O–H groups in total. The largest absolute Gasteiger partial charge is 0.378 e. The summed E-state index contributed by atoms with van der Waals surface area (Å²) in [5, 5.41) is 4.04. The Kier molecular flexibility index (Phi) is 3.49. The van der Waals surface area contributed by atoms with Crippen LogP contribution in [0, 0.1) is 0 Å². The van der Waals surface area contributed by atoms with E-state index in [4.69, 9.17) is 15.0 Å². The first-order valence-electron chi connectivity index (χ1n) is 6.35. The molecule has 0 spiro atoms. The zero-order valence-electron chi connectivity index (χ0n) is 10.8. The van der Waals surface area contributed by atoms with Crippen molar-refractivity contribution >= 4 is 0 Å². The third-order valence-corrected chi connectivity index (χ3v) is 3.84. The first kappa shape index (κ1) is 12.5. The summed E-state index contributed by atoms with van der Waals surface area (Å²) in [5.41, 5.74) is 5.78. The number of hydrogen-bond acceptors (Lipinski definition) is 5. The molecule has 1 aliphatic heterocycles. The minimum Gasteiger partial charge on any atom is -0.378 e. The molecule has 5 heteroatoms. The van der Waals surface area contributed by atoms with Crippen LogP contribution in [0.3, 0.4) is 0 Å². The van der Waals surface area contributed by atoms with Gasteiger partial charge in [0.25, 0.3) is 0 Å². The zero-order chi connectivity index (χ0) is 12.5.